The van der Waals surface area contributed by atoms with Gasteiger partial charge in [0.05, 0.1) is 0 Å². The standard InChI is InChI=1S/C16H25NO8S2/c1-6-26-27-16-13(17-8(2)18)15(24-11(5)21)14(23-10(4)20)12(25-16)7-22-9(3)19/h12-16H,6-7H2,1-5H3,(H,17,18). The summed E-state index contributed by atoms with van der Waals surface area (Å²) < 4.78 is 21.7. The molecule has 0 saturated carbocycles. The zero-order chi connectivity index (χ0) is 20.6. The van der Waals surface area contributed by atoms with Crippen LogP contribution in [0, 0.1) is 0 Å². The van der Waals surface area contributed by atoms with Crippen molar-refractivity contribution in [2.75, 3.05) is 12.4 Å². The van der Waals surface area contributed by atoms with Crippen molar-refractivity contribution in [2.45, 2.75) is 64.4 Å². The van der Waals surface area contributed by atoms with Crippen LogP contribution in [0.25, 0.3) is 0 Å². The molecule has 0 aromatic rings. The fraction of sp³-hybridized carbons (Fsp3) is 0.750. The number of esters is 3. The Bertz CT molecular complexity index is 559. The highest BCUT2D eigenvalue weighted by Crippen LogP contribution is 2.37. The molecule has 5 atom stereocenters. The Hall–Kier alpha value is -1.46. The lowest BCUT2D eigenvalue weighted by atomic mass is 9.97. The van der Waals surface area contributed by atoms with Crippen LogP contribution >= 0.6 is 21.6 Å². The average Bonchev–Trinajstić information content (AvgIpc) is 2.54. The number of nitrogens with one attached hydrogen (secondary N) is 1. The SMILES string of the molecule is CCSSC1OC(COC(C)=O)C(OC(C)=O)C(OC(C)=O)C1NC(C)=O. The van der Waals surface area contributed by atoms with Crippen molar-refractivity contribution in [3.63, 3.8) is 0 Å². The Morgan fingerprint density at radius 1 is 0.963 bits per heavy atom. The minimum absolute atomic E-state index is 0.189. The molecule has 0 spiro atoms. The quantitative estimate of drug-likeness (QED) is 0.345. The zero-order valence-corrected chi connectivity index (χ0v) is 17.5. The molecule has 1 N–H and O–H groups in total. The molecule has 1 fully saturated rings. The van der Waals surface area contributed by atoms with E-state index in [4.69, 9.17) is 18.9 Å². The summed E-state index contributed by atoms with van der Waals surface area (Å²) in [4.78, 5) is 46.1. The van der Waals surface area contributed by atoms with Crippen LogP contribution in [0.4, 0.5) is 0 Å². The van der Waals surface area contributed by atoms with Crippen LogP contribution in [0.15, 0.2) is 0 Å². The molecule has 0 aromatic heterocycles. The number of carbonyl (C=O) groups excluding carboxylic acids is 4. The minimum Gasteiger partial charge on any atom is -0.463 e. The molecule has 1 aliphatic heterocycles. The normalized spacial score (nSPS) is 27.4. The Balaban J connectivity index is 3.22. The summed E-state index contributed by atoms with van der Waals surface area (Å²) in [6, 6.07) is -0.756. The van der Waals surface area contributed by atoms with Gasteiger partial charge in [-0.3, -0.25) is 19.2 Å². The monoisotopic (exact) mass is 423 g/mol. The summed E-state index contributed by atoms with van der Waals surface area (Å²) >= 11 is 0. The lowest BCUT2D eigenvalue weighted by molar-refractivity contribution is -0.211. The third-order valence-corrected chi connectivity index (χ3v) is 6.00. The third kappa shape index (κ3) is 7.97. The number of hydrogen-bond donors (Lipinski definition) is 1. The van der Waals surface area contributed by atoms with Crippen molar-refractivity contribution >= 4 is 45.4 Å². The molecule has 1 rings (SSSR count). The molecule has 11 heteroatoms. The van der Waals surface area contributed by atoms with E-state index in [-0.39, 0.29) is 12.5 Å². The summed E-state index contributed by atoms with van der Waals surface area (Å²) in [5.41, 5.74) is -0.615. The number of hydrogen-bond acceptors (Lipinski definition) is 10. The first-order valence-electron chi connectivity index (χ1n) is 8.34. The van der Waals surface area contributed by atoms with Crippen molar-refractivity contribution in [3.8, 4) is 0 Å². The first-order chi connectivity index (χ1) is 12.6. The van der Waals surface area contributed by atoms with Gasteiger partial charge in [-0.1, -0.05) is 28.5 Å². The van der Waals surface area contributed by atoms with E-state index in [0.717, 1.165) is 5.75 Å². The van der Waals surface area contributed by atoms with Gasteiger partial charge >= 0.3 is 17.9 Å². The molecule has 1 aliphatic rings. The Morgan fingerprint density at radius 3 is 2.04 bits per heavy atom. The predicted octanol–water partition coefficient (Wildman–Crippen LogP) is 1.04. The third-order valence-electron chi connectivity index (χ3n) is 3.35. The second kappa shape index (κ2) is 11.4. The summed E-state index contributed by atoms with van der Waals surface area (Å²) in [6.07, 6.45) is -2.91. The van der Waals surface area contributed by atoms with Crippen molar-refractivity contribution in [1.29, 1.82) is 0 Å². The zero-order valence-electron chi connectivity index (χ0n) is 15.9. The van der Waals surface area contributed by atoms with Crippen molar-refractivity contribution in [1.82, 2.24) is 5.32 Å². The van der Waals surface area contributed by atoms with E-state index in [1.165, 1.54) is 49.3 Å². The molecule has 0 radical (unpaired) electrons. The number of ether oxygens (including phenoxy) is 4. The van der Waals surface area contributed by atoms with Gasteiger partial charge in [-0.15, -0.1) is 0 Å². The van der Waals surface area contributed by atoms with Gasteiger partial charge in [0, 0.05) is 33.4 Å². The fourth-order valence-corrected chi connectivity index (χ4v) is 4.61. The molecule has 0 bridgehead atoms. The molecule has 9 nitrogen and oxygen atoms in total. The van der Waals surface area contributed by atoms with Crippen molar-refractivity contribution < 1.29 is 38.1 Å². The molecule has 1 saturated heterocycles. The Kier molecular flexibility index (Phi) is 9.95. The Labute approximate surface area is 166 Å². The van der Waals surface area contributed by atoms with Crippen LogP contribution in [-0.4, -0.2) is 66.0 Å². The van der Waals surface area contributed by atoms with E-state index in [0.29, 0.717) is 0 Å². The average molecular weight is 424 g/mol. The first-order valence-corrected chi connectivity index (χ1v) is 10.7. The molecule has 1 heterocycles. The van der Waals surface area contributed by atoms with Gasteiger partial charge in [-0.05, 0) is 0 Å². The van der Waals surface area contributed by atoms with E-state index in [2.05, 4.69) is 5.32 Å². The lowest BCUT2D eigenvalue weighted by Crippen LogP contribution is -2.65. The van der Waals surface area contributed by atoms with Crippen LogP contribution < -0.4 is 5.32 Å². The lowest BCUT2D eigenvalue weighted by Gasteiger charge is -2.44. The van der Waals surface area contributed by atoms with Gasteiger partial charge < -0.3 is 24.3 Å². The molecule has 0 aliphatic carbocycles. The molecular weight excluding hydrogens is 398 g/mol. The minimum atomic E-state index is -1.05. The van der Waals surface area contributed by atoms with E-state index in [9.17, 15) is 19.2 Å². The molecular formula is C16H25NO8S2. The summed E-state index contributed by atoms with van der Waals surface area (Å²) in [5, 5.41) is 2.71. The molecule has 154 valence electrons. The second-order valence-corrected chi connectivity index (χ2v) is 8.48. The number of carbonyl (C=O) groups is 4. The maximum atomic E-state index is 11.7. The predicted molar refractivity (Wildman–Crippen MR) is 99.7 cm³/mol. The highest BCUT2D eigenvalue weighted by Gasteiger charge is 2.50. The van der Waals surface area contributed by atoms with Crippen LogP contribution in [0.2, 0.25) is 0 Å². The van der Waals surface area contributed by atoms with Gasteiger partial charge in [0.2, 0.25) is 5.91 Å². The van der Waals surface area contributed by atoms with Crippen LogP contribution in [0.5, 0.6) is 0 Å². The summed E-state index contributed by atoms with van der Waals surface area (Å²) in [6.45, 7) is 6.75. The largest absolute Gasteiger partial charge is 0.463 e. The second-order valence-electron chi connectivity index (χ2n) is 5.72. The Morgan fingerprint density at radius 2 is 1.56 bits per heavy atom. The first kappa shape index (κ1) is 23.6. The van der Waals surface area contributed by atoms with Gasteiger partial charge in [-0.25, -0.2) is 0 Å². The number of amides is 1. The molecule has 27 heavy (non-hydrogen) atoms. The van der Waals surface area contributed by atoms with E-state index >= 15 is 0 Å². The highest BCUT2D eigenvalue weighted by molar-refractivity contribution is 8.76. The summed E-state index contributed by atoms with van der Waals surface area (Å²) in [5.74, 6) is -1.33. The molecule has 0 aromatic carbocycles. The van der Waals surface area contributed by atoms with Crippen molar-refractivity contribution in [3.05, 3.63) is 0 Å². The van der Waals surface area contributed by atoms with Crippen molar-refractivity contribution in [2.24, 2.45) is 0 Å². The molecule has 1 amide bonds. The van der Waals surface area contributed by atoms with Gasteiger partial charge in [0.15, 0.2) is 12.2 Å². The van der Waals surface area contributed by atoms with E-state index in [1.807, 2.05) is 6.92 Å². The van der Waals surface area contributed by atoms with Gasteiger partial charge in [0.25, 0.3) is 0 Å². The van der Waals surface area contributed by atoms with E-state index < -0.39 is 47.7 Å². The van der Waals surface area contributed by atoms with Gasteiger partial charge in [-0.2, -0.15) is 0 Å². The highest BCUT2D eigenvalue weighted by atomic mass is 33.1. The smallest absolute Gasteiger partial charge is 0.303 e. The number of rotatable bonds is 8. The van der Waals surface area contributed by atoms with E-state index in [1.54, 1.807) is 0 Å². The maximum Gasteiger partial charge on any atom is 0.303 e. The molecule has 5 unspecified atom stereocenters. The van der Waals surface area contributed by atoms with Crippen LogP contribution in [0.1, 0.15) is 34.6 Å². The van der Waals surface area contributed by atoms with Gasteiger partial charge in [0.1, 0.15) is 24.2 Å². The van der Waals surface area contributed by atoms with Crippen LogP contribution in [-0.2, 0) is 38.1 Å². The fourth-order valence-electron chi connectivity index (χ4n) is 2.51. The van der Waals surface area contributed by atoms with Crippen LogP contribution in [0.3, 0.4) is 0 Å². The maximum absolute atomic E-state index is 11.7. The summed E-state index contributed by atoms with van der Waals surface area (Å²) in [7, 11) is 2.84. The topological polar surface area (TPSA) is 117 Å².